The van der Waals surface area contributed by atoms with Crippen molar-refractivity contribution in [2.45, 2.75) is 54.0 Å². The van der Waals surface area contributed by atoms with Gasteiger partial charge in [0, 0.05) is 6.54 Å². The molecule has 0 saturated carbocycles. The van der Waals surface area contributed by atoms with E-state index in [9.17, 15) is 0 Å². The van der Waals surface area contributed by atoms with E-state index in [1.165, 1.54) is 15.9 Å². The number of aromatic nitrogens is 2. The number of hydrogen-bond acceptors (Lipinski definition) is 2. The Hall–Kier alpha value is -0.350. The average Bonchev–Trinajstić information content (AvgIpc) is 2.72. The van der Waals surface area contributed by atoms with E-state index in [0.717, 1.165) is 32.5 Å². The Kier molecular flexibility index (Phi) is 7.08. The molecule has 1 rings (SSSR count). The van der Waals surface area contributed by atoms with Crippen molar-refractivity contribution in [2.24, 2.45) is 11.8 Å². The fraction of sp³-hybridized carbons (Fsp3) is 0.800. The minimum atomic E-state index is 0.655. The van der Waals surface area contributed by atoms with E-state index in [1.807, 2.05) is 0 Å². The van der Waals surface area contributed by atoms with Gasteiger partial charge < -0.3 is 5.32 Å². The van der Waals surface area contributed by atoms with E-state index >= 15 is 0 Å². The summed E-state index contributed by atoms with van der Waals surface area (Å²) in [6.45, 7) is 14.2. The third-order valence-electron chi connectivity index (χ3n) is 3.90. The van der Waals surface area contributed by atoms with E-state index in [4.69, 9.17) is 0 Å². The van der Waals surface area contributed by atoms with Gasteiger partial charge in [-0.1, -0.05) is 27.7 Å². The summed E-state index contributed by atoms with van der Waals surface area (Å²) in [5.41, 5.74) is 2.54. The Labute approximate surface area is 126 Å². The topological polar surface area (TPSA) is 29.9 Å². The lowest BCUT2D eigenvalue weighted by Gasteiger charge is -2.20. The zero-order valence-electron chi connectivity index (χ0n) is 13.0. The first-order valence-corrected chi connectivity index (χ1v) is 8.29. The summed E-state index contributed by atoms with van der Waals surface area (Å²) >= 11 is 3.73. The smallest absolute Gasteiger partial charge is 0.0766 e. The summed E-state index contributed by atoms with van der Waals surface area (Å²) in [5, 5.41) is 8.12. The second-order valence-corrected chi connectivity index (χ2v) is 6.14. The molecule has 110 valence electrons. The van der Waals surface area contributed by atoms with Crippen molar-refractivity contribution in [3.8, 4) is 0 Å². The highest BCUT2D eigenvalue weighted by atomic mass is 79.9. The number of halogens is 1. The van der Waals surface area contributed by atoms with E-state index in [2.05, 4.69) is 65.6 Å². The molecule has 2 unspecified atom stereocenters. The highest BCUT2D eigenvalue weighted by Crippen LogP contribution is 2.26. The van der Waals surface area contributed by atoms with Crippen LogP contribution in [-0.2, 0) is 19.4 Å². The summed E-state index contributed by atoms with van der Waals surface area (Å²) in [4.78, 5) is 0. The Morgan fingerprint density at radius 2 is 1.89 bits per heavy atom. The number of aryl methyl sites for hydroxylation is 2. The predicted octanol–water partition coefficient (Wildman–Crippen LogP) is 3.65. The number of rotatable bonds is 8. The van der Waals surface area contributed by atoms with Gasteiger partial charge in [0.15, 0.2) is 0 Å². The van der Waals surface area contributed by atoms with Crippen molar-refractivity contribution in [1.29, 1.82) is 0 Å². The Morgan fingerprint density at radius 3 is 2.42 bits per heavy atom. The Morgan fingerprint density at radius 1 is 1.21 bits per heavy atom. The van der Waals surface area contributed by atoms with Gasteiger partial charge in [-0.15, -0.1) is 0 Å². The molecule has 1 aromatic heterocycles. The van der Waals surface area contributed by atoms with E-state index in [-0.39, 0.29) is 0 Å². The minimum Gasteiger partial charge on any atom is -0.317 e. The number of nitrogens with one attached hydrogen (secondary N) is 1. The van der Waals surface area contributed by atoms with Crippen LogP contribution in [0.25, 0.3) is 0 Å². The van der Waals surface area contributed by atoms with Crippen molar-refractivity contribution >= 4 is 15.9 Å². The number of nitrogens with zero attached hydrogens (tertiary/aromatic N) is 2. The maximum absolute atomic E-state index is 4.68. The van der Waals surface area contributed by atoms with Crippen LogP contribution in [0.1, 0.15) is 46.0 Å². The van der Waals surface area contributed by atoms with E-state index in [1.54, 1.807) is 0 Å². The van der Waals surface area contributed by atoms with Crippen molar-refractivity contribution in [1.82, 2.24) is 15.1 Å². The minimum absolute atomic E-state index is 0.655. The molecular formula is C15H28BrN3. The van der Waals surface area contributed by atoms with Crippen LogP contribution >= 0.6 is 15.9 Å². The molecule has 0 aliphatic heterocycles. The molecule has 1 N–H and O–H groups in total. The summed E-state index contributed by atoms with van der Waals surface area (Å²) in [6, 6.07) is 0. The van der Waals surface area contributed by atoms with E-state index in [0.29, 0.717) is 11.8 Å². The van der Waals surface area contributed by atoms with Crippen LogP contribution in [0.4, 0.5) is 0 Å². The van der Waals surface area contributed by atoms with E-state index < -0.39 is 0 Å². The highest BCUT2D eigenvalue weighted by molar-refractivity contribution is 9.10. The van der Waals surface area contributed by atoms with Crippen molar-refractivity contribution in [2.75, 3.05) is 13.1 Å². The lowest BCUT2D eigenvalue weighted by molar-refractivity contribution is 0.359. The average molecular weight is 330 g/mol. The summed E-state index contributed by atoms with van der Waals surface area (Å²) < 4.78 is 3.37. The molecule has 1 aromatic rings. The fourth-order valence-electron chi connectivity index (χ4n) is 2.29. The molecular weight excluding hydrogens is 302 g/mol. The van der Waals surface area contributed by atoms with Crippen LogP contribution in [0.2, 0.25) is 0 Å². The van der Waals surface area contributed by atoms with Gasteiger partial charge in [-0.05, 0) is 60.6 Å². The molecule has 0 amide bonds. The molecule has 0 aliphatic rings. The first-order valence-electron chi connectivity index (χ1n) is 7.49. The first kappa shape index (κ1) is 16.7. The molecule has 3 nitrogen and oxygen atoms in total. The third-order valence-corrected chi connectivity index (χ3v) is 4.81. The van der Waals surface area contributed by atoms with Gasteiger partial charge >= 0.3 is 0 Å². The molecule has 0 aromatic carbocycles. The summed E-state index contributed by atoms with van der Waals surface area (Å²) in [6.07, 6.45) is 2.08. The SMILES string of the molecule is CCNCC(C)C(C)Cc1c(Br)c(CC)nn1CC. The summed E-state index contributed by atoms with van der Waals surface area (Å²) in [5.74, 6) is 1.33. The van der Waals surface area contributed by atoms with Gasteiger partial charge in [0.2, 0.25) is 0 Å². The van der Waals surface area contributed by atoms with Gasteiger partial charge in [0.25, 0.3) is 0 Å². The van der Waals surface area contributed by atoms with Crippen LogP contribution in [0.15, 0.2) is 4.47 Å². The molecule has 2 atom stereocenters. The van der Waals surface area contributed by atoms with Crippen LogP contribution in [0.5, 0.6) is 0 Å². The van der Waals surface area contributed by atoms with Gasteiger partial charge in [-0.25, -0.2) is 0 Å². The van der Waals surface area contributed by atoms with Crippen LogP contribution in [0.3, 0.4) is 0 Å². The maximum Gasteiger partial charge on any atom is 0.0766 e. The largest absolute Gasteiger partial charge is 0.317 e. The first-order chi connectivity index (χ1) is 9.04. The second kappa shape index (κ2) is 8.05. The molecule has 19 heavy (non-hydrogen) atoms. The van der Waals surface area contributed by atoms with Gasteiger partial charge in [0.05, 0.1) is 15.9 Å². The molecule has 0 fully saturated rings. The van der Waals surface area contributed by atoms with Crippen LogP contribution in [0, 0.1) is 11.8 Å². The maximum atomic E-state index is 4.68. The Bertz CT molecular complexity index is 387. The zero-order chi connectivity index (χ0) is 14.4. The molecule has 4 heteroatoms. The van der Waals surface area contributed by atoms with Gasteiger partial charge in [-0.3, -0.25) is 4.68 Å². The fourth-order valence-corrected chi connectivity index (χ4v) is 3.02. The standard InChI is InChI=1S/C15H28BrN3/c1-6-13-15(16)14(19(8-3)18-13)9-11(4)12(5)10-17-7-2/h11-12,17H,6-10H2,1-5H3. The van der Waals surface area contributed by atoms with Gasteiger partial charge in [0.1, 0.15) is 0 Å². The normalized spacial score (nSPS) is 14.6. The van der Waals surface area contributed by atoms with Crippen molar-refractivity contribution in [3.05, 3.63) is 15.9 Å². The lowest BCUT2D eigenvalue weighted by atomic mass is 9.91. The molecule has 0 aliphatic carbocycles. The van der Waals surface area contributed by atoms with Crippen LogP contribution < -0.4 is 5.32 Å². The van der Waals surface area contributed by atoms with Gasteiger partial charge in [-0.2, -0.15) is 5.10 Å². The molecule has 0 saturated heterocycles. The third kappa shape index (κ3) is 4.32. The quantitative estimate of drug-likeness (QED) is 0.788. The monoisotopic (exact) mass is 329 g/mol. The zero-order valence-corrected chi connectivity index (χ0v) is 14.5. The second-order valence-electron chi connectivity index (χ2n) is 5.34. The molecule has 0 bridgehead atoms. The number of hydrogen-bond donors (Lipinski definition) is 1. The lowest BCUT2D eigenvalue weighted by Crippen LogP contribution is -2.26. The molecule has 0 spiro atoms. The van der Waals surface area contributed by atoms with Crippen LogP contribution in [-0.4, -0.2) is 22.9 Å². The highest BCUT2D eigenvalue weighted by Gasteiger charge is 2.19. The molecule has 0 radical (unpaired) electrons. The Balaban J connectivity index is 2.77. The molecule has 1 heterocycles. The predicted molar refractivity (Wildman–Crippen MR) is 85.6 cm³/mol. The van der Waals surface area contributed by atoms with Crippen molar-refractivity contribution in [3.63, 3.8) is 0 Å². The van der Waals surface area contributed by atoms with Crippen molar-refractivity contribution < 1.29 is 0 Å². The summed E-state index contributed by atoms with van der Waals surface area (Å²) in [7, 11) is 0.